The number of aliphatic hydroxyl groups is 1. The summed E-state index contributed by atoms with van der Waals surface area (Å²) >= 11 is 6.40. The first-order valence-corrected chi connectivity index (χ1v) is 43.9. The van der Waals surface area contributed by atoms with Gasteiger partial charge >= 0.3 is 24.5 Å². The number of piperazine rings is 3. The topological polar surface area (TPSA) is 335 Å². The number of carbonyl (C=O) groups excluding carboxylic acids is 3. The first-order valence-electron chi connectivity index (χ1n) is 37.8. The number of sulfone groups is 3. The van der Waals surface area contributed by atoms with Gasteiger partial charge in [-0.1, -0.05) is 127 Å². The van der Waals surface area contributed by atoms with Crippen molar-refractivity contribution in [2.75, 3.05) is 112 Å². The third kappa shape index (κ3) is 21.5. The van der Waals surface area contributed by atoms with E-state index in [-0.39, 0.29) is 145 Å². The van der Waals surface area contributed by atoms with Gasteiger partial charge in [-0.15, -0.1) is 0 Å². The van der Waals surface area contributed by atoms with E-state index in [2.05, 4.69) is 39.6 Å². The van der Waals surface area contributed by atoms with Gasteiger partial charge in [0, 0.05) is 124 Å². The lowest BCUT2D eigenvalue weighted by atomic mass is 9.95. The fraction of sp³-hybridized carbons (Fsp3) is 0.420. The summed E-state index contributed by atoms with van der Waals surface area (Å²) in [5.74, 6) is 0.608. The van der Waals surface area contributed by atoms with Crippen molar-refractivity contribution in [3.8, 4) is 0 Å². The van der Waals surface area contributed by atoms with Crippen LogP contribution in [-0.4, -0.2) is 214 Å². The molecule has 30 nitrogen and oxygen atoms in total. The minimum Gasteiger partial charge on any atom is -0.445 e. The van der Waals surface area contributed by atoms with Gasteiger partial charge in [0.05, 0.1) is 73.4 Å². The maximum Gasteiger partial charge on any atom is 0.416 e. The molecular weight excluding hydrogens is 1630 g/mol. The number of hydrogen-bond acceptors (Lipinski definition) is 25. The van der Waals surface area contributed by atoms with Crippen LogP contribution in [0.3, 0.4) is 0 Å². The van der Waals surface area contributed by atoms with E-state index in [1.807, 2.05) is 88.7 Å². The summed E-state index contributed by atoms with van der Waals surface area (Å²) < 4.78 is 165. The second-order valence-electron chi connectivity index (χ2n) is 30.0. The number of aromatic nitrogens is 6. The summed E-state index contributed by atoms with van der Waals surface area (Å²) in [7, 11) is -11.4. The van der Waals surface area contributed by atoms with Crippen LogP contribution in [0.5, 0.6) is 0 Å². The van der Waals surface area contributed by atoms with Crippen molar-refractivity contribution < 1.29 is 90.7 Å². The highest BCUT2D eigenvalue weighted by Gasteiger charge is 2.43. The van der Waals surface area contributed by atoms with E-state index >= 15 is 0 Å². The number of fused-ring (bicyclic) bond motifs is 3. The summed E-state index contributed by atoms with van der Waals surface area (Å²) in [6.45, 7) is 22.4. The third-order valence-corrected chi connectivity index (χ3v) is 23.2. The Morgan fingerprint density at radius 2 is 0.916 bits per heavy atom. The van der Waals surface area contributed by atoms with E-state index in [1.165, 1.54) is 34.1 Å². The van der Waals surface area contributed by atoms with Crippen molar-refractivity contribution in [1.82, 2.24) is 44.6 Å². The number of nitrogens with zero attached hydrogens (tertiary/aromatic N) is 14. The van der Waals surface area contributed by atoms with E-state index in [4.69, 9.17) is 53.2 Å². The molecule has 9 heterocycles. The SMILES string of the molecule is CC(C)(C)OC(=O)N1CCN(c2nc(S(C)(=O)=O)nc3c2COC(c2ccccc2C(F)(F)F)C3)[C@@H](CO)C1.[C-]#[N+]C[C@H]1CN(c2nc(S(C)(=O)=O)nc3c2COC(c2ccccc2Cl)C3)CCN1C(=O)OCc1ccccc1.[C-]#[N+]C[C@H]1CN(c2nc(S(C)(=O)=O)nc3c2COC(c2ccccc2F)C3)CCN1C(=O)OCc1ccccc1. The van der Waals surface area contributed by atoms with Crippen molar-refractivity contribution in [3.05, 3.63) is 234 Å². The second kappa shape index (κ2) is 37.3. The monoisotopic (exact) mass is 1720 g/mol. The van der Waals surface area contributed by atoms with Crippen LogP contribution >= 0.6 is 11.6 Å². The van der Waals surface area contributed by atoms with Gasteiger partial charge in [0.15, 0.2) is 0 Å². The van der Waals surface area contributed by atoms with Crippen LogP contribution in [-0.2, 0) is 116 Å². The average Bonchev–Trinajstić information content (AvgIpc) is 0.757. The molecular formula is C81H87ClF4N14O16S3. The quantitative estimate of drug-likeness (QED) is 0.0406. The molecule has 3 amide bonds. The molecule has 0 radical (unpaired) electrons. The minimum absolute atomic E-state index is 0.0367. The number of anilines is 3. The zero-order chi connectivity index (χ0) is 85.3. The minimum atomic E-state index is -4.60. The highest BCUT2D eigenvalue weighted by molar-refractivity contribution is 7.91. The van der Waals surface area contributed by atoms with Crippen LogP contribution in [0.15, 0.2) is 149 Å². The van der Waals surface area contributed by atoms with Gasteiger partial charge in [-0.2, -0.15) is 13.2 Å². The molecule has 3 saturated heterocycles. The van der Waals surface area contributed by atoms with Gasteiger partial charge in [-0.3, -0.25) is 9.80 Å². The zero-order valence-corrected chi connectivity index (χ0v) is 69.0. The number of halogens is 5. The molecule has 8 aromatic rings. The van der Waals surface area contributed by atoms with Crippen LogP contribution in [0.2, 0.25) is 5.02 Å². The highest BCUT2D eigenvalue weighted by Crippen LogP contribution is 2.43. The van der Waals surface area contributed by atoms with E-state index in [9.17, 15) is 62.3 Å². The fourth-order valence-electron chi connectivity index (χ4n) is 14.5. The Morgan fingerprint density at radius 3 is 1.34 bits per heavy atom. The zero-order valence-electron chi connectivity index (χ0n) is 65.8. The number of hydrogen-bond donors (Lipinski definition) is 1. The van der Waals surface area contributed by atoms with Crippen LogP contribution in [0.1, 0.15) is 106 Å². The average molecular weight is 1720 g/mol. The van der Waals surface area contributed by atoms with Crippen molar-refractivity contribution in [1.29, 1.82) is 0 Å². The summed E-state index contributed by atoms with van der Waals surface area (Å²) in [6.07, 6.45) is -4.74. The molecule has 0 aliphatic carbocycles. The molecule has 119 heavy (non-hydrogen) atoms. The maximum atomic E-state index is 14.5. The predicted octanol–water partition coefficient (Wildman–Crippen LogP) is 10.8. The van der Waals surface area contributed by atoms with E-state index in [0.717, 1.165) is 41.5 Å². The Bertz CT molecular complexity index is 5270. The third-order valence-electron chi connectivity index (χ3n) is 20.4. The maximum absolute atomic E-state index is 14.5. The number of rotatable bonds is 16. The molecule has 38 heteroatoms. The Morgan fingerprint density at radius 1 is 0.513 bits per heavy atom. The molecule has 1 N–H and O–H groups in total. The normalized spacial score (nSPS) is 19.5. The first kappa shape index (κ1) is 87.5. The van der Waals surface area contributed by atoms with Crippen LogP contribution in [0.4, 0.5) is 49.4 Å². The smallest absolute Gasteiger partial charge is 0.416 e. The summed E-state index contributed by atoms with van der Waals surface area (Å²) in [5, 5.41) is 9.64. The molecule has 630 valence electrons. The summed E-state index contributed by atoms with van der Waals surface area (Å²) in [5.41, 5.74) is 4.29. The molecule has 6 atom stereocenters. The van der Waals surface area contributed by atoms with Gasteiger partial charge in [-0.05, 0) is 61.2 Å². The Labute approximate surface area is 691 Å². The summed E-state index contributed by atoms with van der Waals surface area (Å²) in [6, 6.07) is 35.8. The van der Waals surface area contributed by atoms with Crippen LogP contribution in [0, 0.1) is 19.0 Å². The number of ether oxygens (including phenoxy) is 6. The Hall–Kier alpha value is -10.8. The molecule has 3 aromatic heterocycles. The standard InChI is InChI=1S/C28H28ClN5O5S.C28H28FN5O5S.C25H31F3N4O6S/c2*1-30-15-20-16-33(12-13-34(20)28(35)39-17-19-8-4-3-5-9-19)26-22-18-38-25(21-10-6-7-11-23(21)29)14-24(22)31-27(32-26)40(2,36)37;1-24(2,3)38-23(34)31-9-10-32(15(12-31)13-33)21-17-14-37-20(11-19(17)29-22(30-21)39(4,35)36)16-7-5-6-8-18(16)25(26,27)28/h2*3-11,20,25H,12-18H2,2H3;5-8,15,20,33H,9-14H2,1-4H3/t2*20-,25?;15-,20?/m001/s1. The van der Waals surface area contributed by atoms with Gasteiger partial charge < -0.3 is 62.8 Å². The number of carbonyl (C=O) groups is 3. The van der Waals surface area contributed by atoms with Crippen molar-refractivity contribution in [2.24, 2.45) is 0 Å². The number of alkyl halides is 3. The molecule has 0 bridgehead atoms. The predicted molar refractivity (Wildman–Crippen MR) is 426 cm³/mol. The molecule has 6 aliphatic heterocycles. The van der Waals surface area contributed by atoms with Crippen LogP contribution < -0.4 is 14.7 Å². The Balaban J connectivity index is 0.000000164. The lowest BCUT2D eigenvalue weighted by molar-refractivity contribution is -0.139. The first-order chi connectivity index (χ1) is 56.6. The largest absolute Gasteiger partial charge is 0.445 e. The molecule has 6 aliphatic rings. The number of benzene rings is 5. The molecule has 5 aromatic carbocycles. The lowest BCUT2D eigenvalue weighted by Crippen LogP contribution is -2.57. The van der Waals surface area contributed by atoms with Gasteiger partial charge in [-0.25, -0.2) is 87.1 Å². The van der Waals surface area contributed by atoms with E-state index in [1.54, 1.807) is 54.8 Å². The lowest BCUT2D eigenvalue weighted by Gasteiger charge is -2.42. The molecule has 3 fully saturated rings. The van der Waals surface area contributed by atoms with Gasteiger partial charge in [0.25, 0.3) is 0 Å². The molecule has 3 unspecified atom stereocenters. The van der Waals surface area contributed by atoms with E-state index in [0.29, 0.717) is 69.8 Å². The molecule has 0 saturated carbocycles. The van der Waals surface area contributed by atoms with Crippen LogP contribution in [0.25, 0.3) is 9.69 Å². The van der Waals surface area contributed by atoms with Gasteiger partial charge in [0.2, 0.25) is 58.1 Å². The van der Waals surface area contributed by atoms with Crippen molar-refractivity contribution in [2.45, 2.75) is 137 Å². The van der Waals surface area contributed by atoms with Crippen molar-refractivity contribution in [3.63, 3.8) is 0 Å². The molecule has 14 rings (SSSR count). The number of aliphatic hydroxyl groups excluding tert-OH is 1. The molecule has 0 spiro atoms. The Kier molecular flexibility index (Phi) is 27.4. The summed E-state index contributed by atoms with van der Waals surface area (Å²) in [4.78, 5) is 81.7. The van der Waals surface area contributed by atoms with Gasteiger partial charge in [0.1, 0.15) is 54.2 Å². The van der Waals surface area contributed by atoms with Crippen molar-refractivity contribution >= 4 is 76.8 Å². The fourth-order valence-corrected chi connectivity index (χ4v) is 16.4. The number of amides is 3. The second-order valence-corrected chi connectivity index (χ2v) is 36.2. The van der Waals surface area contributed by atoms with E-state index < -0.39 is 106 Å². The highest BCUT2D eigenvalue weighted by atomic mass is 35.5.